The molecule has 0 aromatic heterocycles. The molecule has 1 heterocycles. The highest BCUT2D eigenvalue weighted by atomic mass is 16.3. The molecule has 1 fully saturated rings. The van der Waals surface area contributed by atoms with Crippen LogP contribution in [0.1, 0.15) is 52.9 Å². The normalized spacial score (nSPS) is 17.6. The summed E-state index contributed by atoms with van der Waals surface area (Å²) in [6, 6.07) is 0. The van der Waals surface area contributed by atoms with Gasteiger partial charge in [0.25, 0.3) is 0 Å². The first-order valence-corrected chi connectivity index (χ1v) is 11.8. The highest BCUT2D eigenvalue weighted by Gasteiger charge is 2.39. The Kier molecular flexibility index (Phi) is 13.3. The van der Waals surface area contributed by atoms with Crippen LogP contribution in [0.5, 0.6) is 0 Å². The summed E-state index contributed by atoms with van der Waals surface area (Å²) in [5.41, 5.74) is 0. The van der Waals surface area contributed by atoms with Crippen LogP contribution in [0.3, 0.4) is 0 Å². The van der Waals surface area contributed by atoms with Gasteiger partial charge in [-0.15, -0.1) is 0 Å². The molecule has 34 heavy (non-hydrogen) atoms. The van der Waals surface area contributed by atoms with Gasteiger partial charge in [-0.1, -0.05) is 20.8 Å². The number of aliphatic hydroxyl groups is 2. The molecule has 0 saturated carbocycles. The van der Waals surface area contributed by atoms with Crippen molar-refractivity contribution in [2.45, 2.75) is 65.2 Å². The Hall–Kier alpha value is -2.57. The topological polar surface area (TPSA) is 177 Å². The second-order valence-electron chi connectivity index (χ2n) is 8.72. The van der Waals surface area contributed by atoms with Gasteiger partial charge in [-0.25, -0.2) is 0 Å². The molecule has 0 spiro atoms. The summed E-state index contributed by atoms with van der Waals surface area (Å²) in [5, 5.41) is 29.3. The number of nitrogens with one attached hydrogen (secondary N) is 4. The standard InChI is InChI=1S/C22H39N5O7/c1-4-15(28)7-8-23-18(30)11-25-20(32)13-26-19(31)12-24-17(29)6-5-9-27-21(33)10-16(14(2)3)22(27)34/h14-16,19,26,28,31H,4-13H2,1-3H3,(H,23,30)(H,24,29)(H,25,32). The van der Waals surface area contributed by atoms with Crippen LogP contribution < -0.4 is 21.3 Å². The summed E-state index contributed by atoms with van der Waals surface area (Å²) in [6.07, 6.45) is -0.00396. The van der Waals surface area contributed by atoms with Gasteiger partial charge in [-0.3, -0.25) is 34.2 Å². The van der Waals surface area contributed by atoms with Gasteiger partial charge < -0.3 is 26.2 Å². The lowest BCUT2D eigenvalue weighted by molar-refractivity contribution is -0.140. The van der Waals surface area contributed by atoms with Crippen molar-refractivity contribution in [3.8, 4) is 0 Å². The maximum atomic E-state index is 12.2. The predicted octanol–water partition coefficient (Wildman–Crippen LogP) is -1.78. The lowest BCUT2D eigenvalue weighted by atomic mass is 9.94. The van der Waals surface area contributed by atoms with E-state index in [-0.39, 0.29) is 74.5 Å². The average Bonchev–Trinajstić information content (AvgIpc) is 3.08. The SMILES string of the molecule is CCC(O)CCNC(=O)CNC(=O)CNC(O)CNC(=O)CCCN1C(=O)CC(C(C)C)C1=O. The van der Waals surface area contributed by atoms with Crippen molar-refractivity contribution in [3.05, 3.63) is 0 Å². The number of carbonyl (C=O) groups excluding carboxylic acids is 5. The Morgan fingerprint density at radius 2 is 1.71 bits per heavy atom. The summed E-state index contributed by atoms with van der Waals surface area (Å²) in [6.45, 7) is 5.51. The summed E-state index contributed by atoms with van der Waals surface area (Å²) >= 11 is 0. The minimum atomic E-state index is -1.17. The molecule has 1 rings (SSSR count). The third kappa shape index (κ3) is 11.0. The molecule has 3 unspecified atom stereocenters. The van der Waals surface area contributed by atoms with Crippen LogP contribution in [0.15, 0.2) is 0 Å². The fourth-order valence-corrected chi connectivity index (χ4v) is 3.33. The molecule has 1 aliphatic heterocycles. The van der Waals surface area contributed by atoms with Crippen molar-refractivity contribution in [1.29, 1.82) is 0 Å². The van der Waals surface area contributed by atoms with E-state index < -0.39 is 18.2 Å². The molecule has 1 saturated heterocycles. The van der Waals surface area contributed by atoms with Crippen LogP contribution in [-0.2, 0) is 24.0 Å². The molecule has 5 amide bonds. The Morgan fingerprint density at radius 3 is 2.32 bits per heavy atom. The van der Waals surface area contributed by atoms with Crippen LogP contribution in [0.4, 0.5) is 0 Å². The Balaban J connectivity index is 2.14. The van der Waals surface area contributed by atoms with Crippen molar-refractivity contribution in [3.63, 3.8) is 0 Å². The molecule has 0 radical (unpaired) electrons. The fraction of sp³-hybridized carbons (Fsp3) is 0.773. The summed E-state index contributed by atoms with van der Waals surface area (Å²) in [7, 11) is 0. The molecule has 6 N–H and O–H groups in total. The van der Waals surface area contributed by atoms with E-state index in [0.717, 1.165) is 0 Å². The smallest absolute Gasteiger partial charge is 0.239 e. The maximum absolute atomic E-state index is 12.2. The summed E-state index contributed by atoms with van der Waals surface area (Å²) in [5.74, 6) is -1.86. The minimum Gasteiger partial charge on any atom is -0.393 e. The highest BCUT2D eigenvalue weighted by Crippen LogP contribution is 2.26. The van der Waals surface area contributed by atoms with Crippen LogP contribution in [0.25, 0.3) is 0 Å². The van der Waals surface area contributed by atoms with Gasteiger partial charge in [0.15, 0.2) is 0 Å². The van der Waals surface area contributed by atoms with Gasteiger partial charge in [0.2, 0.25) is 29.5 Å². The zero-order chi connectivity index (χ0) is 25.7. The molecule has 0 aromatic carbocycles. The number of likely N-dealkylation sites (tertiary alicyclic amines) is 1. The first-order chi connectivity index (χ1) is 16.0. The molecule has 12 heteroatoms. The second-order valence-corrected chi connectivity index (χ2v) is 8.72. The second kappa shape index (κ2) is 15.4. The van der Waals surface area contributed by atoms with E-state index in [9.17, 15) is 34.2 Å². The first kappa shape index (κ1) is 29.5. The molecule has 3 atom stereocenters. The van der Waals surface area contributed by atoms with Crippen LogP contribution in [0, 0.1) is 11.8 Å². The number of hydrogen-bond acceptors (Lipinski definition) is 8. The monoisotopic (exact) mass is 485 g/mol. The van der Waals surface area contributed by atoms with Crippen molar-refractivity contribution in [1.82, 2.24) is 26.2 Å². The van der Waals surface area contributed by atoms with Gasteiger partial charge in [0.05, 0.1) is 25.7 Å². The van der Waals surface area contributed by atoms with Gasteiger partial charge in [-0.2, -0.15) is 0 Å². The van der Waals surface area contributed by atoms with Crippen LogP contribution >= 0.6 is 0 Å². The molecule has 12 nitrogen and oxygen atoms in total. The van der Waals surface area contributed by atoms with Crippen LogP contribution in [0.2, 0.25) is 0 Å². The fourth-order valence-electron chi connectivity index (χ4n) is 3.33. The molecule has 0 aliphatic carbocycles. The van der Waals surface area contributed by atoms with Gasteiger partial charge in [0.1, 0.15) is 6.23 Å². The molecule has 1 aliphatic rings. The zero-order valence-electron chi connectivity index (χ0n) is 20.3. The summed E-state index contributed by atoms with van der Waals surface area (Å²) in [4.78, 5) is 60.7. The van der Waals surface area contributed by atoms with Crippen molar-refractivity contribution in [2.24, 2.45) is 11.8 Å². The lowest BCUT2D eigenvalue weighted by Gasteiger charge is -2.16. The van der Waals surface area contributed by atoms with E-state index in [1.807, 2.05) is 20.8 Å². The van der Waals surface area contributed by atoms with E-state index in [1.54, 1.807) is 0 Å². The van der Waals surface area contributed by atoms with E-state index >= 15 is 0 Å². The maximum Gasteiger partial charge on any atom is 0.239 e. The van der Waals surface area contributed by atoms with E-state index in [0.29, 0.717) is 25.8 Å². The number of imide groups is 1. The third-order valence-electron chi connectivity index (χ3n) is 5.58. The first-order valence-electron chi connectivity index (χ1n) is 11.8. The number of nitrogens with zero attached hydrogens (tertiary/aromatic N) is 1. The highest BCUT2D eigenvalue weighted by molar-refractivity contribution is 6.03. The lowest BCUT2D eigenvalue weighted by Crippen LogP contribution is -2.46. The number of hydrogen-bond donors (Lipinski definition) is 6. The Morgan fingerprint density at radius 1 is 1.03 bits per heavy atom. The molecular weight excluding hydrogens is 446 g/mol. The zero-order valence-corrected chi connectivity index (χ0v) is 20.3. The Labute approximate surface area is 200 Å². The van der Waals surface area contributed by atoms with E-state index in [2.05, 4.69) is 21.3 Å². The van der Waals surface area contributed by atoms with Gasteiger partial charge in [-0.05, 0) is 25.2 Å². The van der Waals surface area contributed by atoms with Crippen LogP contribution in [-0.4, -0.2) is 89.7 Å². The van der Waals surface area contributed by atoms with Crippen molar-refractivity contribution in [2.75, 3.05) is 32.7 Å². The molecule has 0 bridgehead atoms. The van der Waals surface area contributed by atoms with Gasteiger partial charge in [0, 0.05) is 31.8 Å². The van der Waals surface area contributed by atoms with Crippen molar-refractivity contribution >= 4 is 29.5 Å². The summed E-state index contributed by atoms with van der Waals surface area (Å²) < 4.78 is 0. The quantitative estimate of drug-likeness (QED) is 0.110. The third-order valence-corrected chi connectivity index (χ3v) is 5.58. The molecular formula is C22H39N5O7. The van der Waals surface area contributed by atoms with E-state index in [4.69, 9.17) is 0 Å². The number of aliphatic hydroxyl groups excluding tert-OH is 2. The number of carbonyl (C=O) groups is 5. The number of amides is 5. The predicted molar refractivity (Wildman–Crippen MR) is 123 cm³/mol. The van der Waals surface area contributed by atoms with Gasteiger partial charge >= 0.3 is 0 Å². The largest absolute Gasteiger partial charge is 0.393 e. The Bertz CT molecular complexity index is 716. The number of rotatable bonds is 16. The van der Waals surface area contributed by atoms with Crippen molar-refractivity contribution < 1.29 is 34.2 Å². The molecule has 194 valence electrons. The van der Waals surface area contributed by atoms with E-state index in [1.165, 1.54) is 4.90 Å². The molecule has 0 aromatic rings. The minimum absolute atomic E-state index is 0.0843. The average molecular weight is 486 g/mol.